The lowest BCUT2D eigenvalue weighted by atomic mass is 9.51. The van der Waals surface area contributed by atoms with Crippen molar-refractivity contribution in [2.45, 2.75) is 42.0 Å². The van der Waals surface area contributed by atoms with E-state index in [4.69, 9.17) is 4.74 Å². The summed E-state index contributed by atoms with van der Waals surface area (Å²) in [5.74, 6) is 2.82. The monoisotopic (exact) mass is 242 g/mol. The molecule has 4 aliphatic carbocycles. The van der Waals surface area contributed by atoms with Gasteiger partial charge in [-0.2, -0.15) is 0 Å². The van der Waals surface area contributed by atoms with Crippen molar-refractivity contribution in [3.63, 3.8) is 0 Å². The zero-order chi connectivity index (χ0) is 8.68. The molecular formula is C11H15BrO. The van der Waals surface area contributed by atoms with Crippen LogP contribution in [0.1, 0.15) is 32.1 Å². The number of halogens is 1. The third-order valence-electron chi connectivity index (χ3n) is 4.97. The van der Waals surface area contributed by atoms with Gasteiger partial charge in [-0.25, -0.2) is 0 Å². The molecule has 72 valence electrons. The van der Waals surface area contributed by atoms with Crippen LogP contribution in [-0.4, -0.2) is 16.5 Å². The summed E-state index contributed by atoms with van der Waals surface area (Å²) < 4.78 is 6.33. The molecule has 5 atom stereocenters. The molecule has 1 aliphatic heterocycles. The summed E-state index contributed by atoms with van der Waals surface area (Å²) in [5.41, 5.74) is 0.397. The van der Waals surface area contributed by atoms with Crippen LogP contribution >= 0.6 is 15.9 Å². The third-order valence-corrected chi connectivity index (χ3v) is 5.95. The van der Waals surface area contributed by atoms with E-state index in [1.807, 2.05) is 0 Å². The summed E-state index contributed by atoms with van der Waals surface area (Å²) in [7, 11) is 0. The Morgan fingerprint density at radius 3 is 2.15 bits per heavy atom. The average Bonchev–Trinajstić information content (AvgIpc) is 2.77. The van der Waals surface area contributed by atoms with Gasteiger partial charge in [0.05, 0.1) is 12.2 Å². The van der Waals surface area contributed by atoms with Crippen LogP contribution in [0, 0.1) is 17.8 Å². The van der Waals surface area contributed by atoms with Gasteiger partial charge < -0.3 is 4.74 Å². The van der Waals surface area contributed by atoms with Gasteiger partial charge >= 0.3 is 0 Å². The predicted octanol–water partition coefficient (Wildman–Crippen LogP) is 2.73. The number of ether oxygens (including phenoxy) is 1. The molecule has 1 spiro atoms. The van der Waals surface area contributed by atoms with Crippen molar-refractivity contribution in [2.24, 2.45) is 17.8 Å². The van der Waals surface area contributed by atoms with E-state index < -0.39 is 0 Å². The highest BCUT2D eigenvalue weighted by atomic mass is 79.9. The molecule has 5 aliphatic rings. The molecule has 1 saturated heterocycles. The van der Waals surface area contributed by atoms with Crippen molar-refractivity contribution in [3.8, 4) is 0 Å². The van der Waals surface area contributed by atoms with Crippen LogP contribution in [0.15, 0.2) is 0 Å². The number of alkyl halides is 1. The maximum absolute atomic E-state index is 5.80. The summed E-state index contributed by atoms with van der Waals surface area (Å²) in [6.07, 6.45) is 7.14. The maximum Gasteiger partial charge on any atom is 0.0973 e. The Balaban J connectivity index is 1.79. The van der Waals surface area contributed by atoms with Gasteiger partial charge in [-0.1, -0.05) is 15.9 Å². The molecule has 0 radical (unpaired) electrons. The lowest BCUT2D eigenvalue weighted by Gasteiger charge is -2.57. The fourth-order valence-corrected chi connectivity index (χ4v) is 5.76. The van der Waals surface area contributed by atoms with Crippen LogP contribution in [0.25, 0.3) is 0 Å². The van der Waals surface area contributed by atoms with E-state index in [0.29, 0.717) is 9.93 Å². The van der Waals surface area contributed by atoms with Gasteiger partial charge in [0, 0.05) is 4.32 Å². The molecule has 5 fully saturated rings. The lowest BCUT2D eigenvalue weighted by Crippen LogP contribution is -2.56. The molecule has 3 unspecified atom stereocenters. The largest absolute Gasteiger partial charge is 0.369 e. The summed E-state index contributed by atoms with van der Waals surface area (Å²) in [4.78, 5) is 0. The van der Waals surface area contributed by atoms with E-state index in [2.05, 4.69) is 15.9 Å². The van der Waals surface area contributed by atoms with Crippen molar-refractivity contribution in [1.82, 2.24) is 0 Å². The van der Waals surface area contributed by atoms with Crippen LogP contribution in [0.4, 0.5) is 0 Å². The van der Waals surface area contributed by atoms with E-state index in [0.717, 1.165) is 24.4 Å². The molecule has 0 N–H and O–H groups in total. The fraction of sp³-hybridized carbons (Fsp3) is 1.00. The molecule has 0 aromatic heterocycles. The first-order valence-electron chi connectivity index (χ1n) is 5.53. The Bertz CT molecular complexity index is 253. The van der Waals surface area contributed by atoms with Crippen LogP contribution in [-0.2, 0) is 4.74 Å². The Morgan fingerprint density at radius 1 is 1.08 bits per heavy atom. The second-order valence-electron chi connectivity index (χ2n) is 5.74. The zero-order valence-electron chi connectivity index (χ0n) is 7.76. The smallest absolute Gasteiger partial charge is 0.0973 e. The topological polar surface area (TPSA) is 12.5 Å². The van der Waals surface area contributed by atoms with Crippen molar-refractivity contribution in [3.05, 3.63) is 0 Å². The standard InChI is InChI=1S/C11H15BrO/c12-10-3-7-1-8(4-10)11(6-13-11)9(2-7)5-10/h7-9H,1-6H2/t7?,8-,9+,10?,11?. The lowest BCUT2D eigenvalue weighted by molar-refractivity contribution is -0.0400. The van der Waals surface area contributed by atoms with E-state index >= 15 is 0 Å². The third kappa shape index (κ3) is 0.829. The van der Waals surface area contributed by atoms with Gasteiger partial charge in [-0.15, -0.1) is 0 Å². The van der Waals surface area contributed by atoms with E-state index in [-0.39, 0.29) is 0 Å². The van der Waals surface area contributed by atoms with E-state index in [1.54, 1.807) is 0 Å². The molecule has 4 bridgehead atoms. The summed E-state index contributed by atoms with van der Waals surface area (Å²) in [5, 5.41) is 0. The molecule has 2 heteroatoms. The van der Waals surface area contributed by atoms with Crippen LogP contribution < -0.4 is 0 Å². The van der Waals surface area contributed by atoms with Crippen LogP contribution in [0.2, 0.25) is 0 Å². The highest BCUT2D eigenvalue weighted by molar-refractivity contribution is 9.10. The zero-order valence-corrected chi connectivity index (χ0v) is 9.35. The van der Waals surface area contributed by atoms with E-state index in [1.165, 1.54) is 32.1 Å². The van der Waals surface area contributed by atoms with Gasteiger partial charge in [0.2, 0.25) is 0 Å². The molecule has 1 heterocycles. The number of hydrogen-bond acceptors (Lipinski definition) is 1. The second-order valence-corrected chi connectivity index (χ2v) is 7.42. The maximum atomic E-state index is 5.80. The number of hydrogen-bond donors (Lipinski definition) is 0. The summed E-state index contributed by atoms with van der Waals surface area (Å²) in [6, 6.07) is 0. The number of rotatable bonds is 0. The average molecular weight is 243 g/mol. The van der Waals surface area contributed by atoms with E-state index in [9.17, 15) is 0 Å². The quantitative estimate of drug-likeness (QED) is 0.470. The van der Waals surface area contributed by atoms with Crippen molar-refractivity contribution >= 4 is 15.9 Å². The first-order valence-corrected chi connectivity index (χ1v) is 6.32. The molecule has 0 aromatic rings. The minimum Gasteiger partial charge on any atom is -0.369 e. The van der Waals surface area contributed by atoms with Crippen molar-refractivity contribution in [1.29, 1.82) is 0 Å². The predicted molar refractivity (Wildman–Crippen MR) is 53.9 cm³/mol. The Morgan fingerprint density at radius 2 is 1.69 bits per heavy atom. The Labute approximate surface area is 87.3 Å². The van der Waals surface area contributed by atoms with Gasteiger partial charge in [-0.05, 0) is 49.9 Å². The van der Waals surface area contributed by atoms with Gasteiger partial charge in [0.1, 0.15) is 0 Å². The molecular weight excluding hydrogens is 228 g/mol. The van der Waals surface area contributed by atoms with Gasteiger partial charge in [0.15, 0.2) is 0 Å². The normalized spacial score (nSPS) is 67.6. The van der Waals surface area contributed by atoms with Crippen LogP contribution in [0.3, 0.4) is 0 Å². The number of epoxide rings is 1. The first kappa shape index (κ1) is 7.70. The van der Waals surface area contributed by atoms with Crippen LogP contribution in [0.5, 0.6) is 0 Å². The summed E-state index contributed by atoms with van der Waals surface area (Å²) in [6.45, 7) is 1.08. The Hall–Kier alpha value is 0.440. The molecule has 5 rings (SSSR count). The molecule has 1 nitrogen and oxygen atoms in total. The van der Waals surface area contributed by atoms with Gasteiger partial charge in [0.25, 0.3) is 0 Å². The highest BCUT2D eigenvalue weighted by Crippen LogP contribution is 2.67. The molecule has 0 amide bonds. The molecule has 4 saturated carbocycles. The fourth-order valence-electron chi connectivity index (χ4n) is 4.52. The minimum atomic E-state index is 0.397. The second kappa shape index (κ2) is 2.01. The SMILES string of the molecule is BrC12CC3C[C@H](C1)C1(CO1)[C@@H](C3)C2. The first-order chi connectivity index (χ1) is 6.20. The highest BCUT2D eigenvalue weighted by Gasteiger charge is 2.67. The van der Waals surface area contributed by atoms with Gasteiger partial charge in [-0.3, -0.25) is 0 Å². The van der Waals surface area contributed by atoms with Crippen molar-refractivity contribution < 1.29 is 4.74 Å². The Kier molecular flexibility index (Phi) is 1.19. The van der Waals surface area contributed by atoms with Crippen molar-refractivity contribution in [2.75, 3.05) is 6.61 Å². The molecule has 0 aromatic carbocycles. The minimum absolute atomic E-state index is 0.397. The summed E-state index contributed by atoms with van der Waals surface area (Å²) >= 11 is 3.98. The molecule has 13 heavy (non-hydrogen) atoms.